The first kappa shape index (κ1) is 27.5. The van der Waals surface area contributed by atoms with Crippen LogP contribution in [0.25, 0.3) is 0 Å². The van der Waals surface area contributed by atoms with E-state index >= 15 is 0 Å². The van der Waals surface area contributed by atoms with Crippen LogP contribution in [-0.2, 0) is 17.6 Å². The molecule has 174 valence electrons. The van der Waals surface area contributed by atoms with Crippen LogP contribution in [0, 0.1) is 11.8 Å². The van der Waals surface area contributed by atoms with Gasteiger partial charge in [0.15, 0.2) is 6.23 Å². The van der Waals surface area contributed by atoms with Crippen LogP contribution in [0.3, 0.4) is 0 Å². The molecule has 0 aromatic heterocycles. The number of rotatable bonds is 11. The first-order valence-corrected chi connectivity index (χ1v) is 11.4. The van der Waals surface area contributed by atoms with E-state index in [1.165, 1.54) is 16.7 Å². The molecule has 0 fully saturated rings. The van der Waals surface area contributed by atoms with Crippen LogP contribution in [0.5, 0.6) is 5.75 Å². The monoisotopic (exact) mass is 447 g/mol. The van der Waals surface area contributed by atoms with E-state index in [-0.39, 0.29) is 24.9 Å². The summed E-state index contributed by atoms with van der Waals surface area (Å²) in [7, 11) is 4.39. The topological polar surface area (TPSA) is 18.5 Å². The first-order valence-electron chi connectivity index (χ1n) is 11.4. The first-order chi connectivity index (χ1) is 14.2. The van der Waals surface area contributed by atoms with E-state index in [4.69, 9.17) is 9.47 Å². The smallest absolute Gasteiger partial charge is 0.261 e. The fourth-order valence-electron chi connectivity index (χ4n) is 3.94. The van der Waals surface area contributed by atoms with Gasteiger partial charge >= 0.3 is 0 Å². The fraction of sp³-hybridized carbons (Fsp3) is 0.556. The third-order valence-electron chi connectivity index (χ3n) is 5.74. The Bertz CT molecular complexity index is 774. The minimum absolute atomic E-state index is 0. The number of nitrogens with zero attached hydrogens (tertiary/aromatic N) is 1. The van der Waals surface area contributed by atoms with Crippen molar-refractivity contribution in [2.75, 3.05) is 20.7 Å². The molecule has 0 saturated carbocycles. The highest BCUT2D eigenvalue weighted by Gasteiger charge is 2.38. The second kappa shape index (κ2) is 12.5. The zero-order chi connectivity index (χ0) is 22.3. The number of ether oxygens (including phenoxy) is 2. The Labute approximate surface area is 196 Å². The molecule has 0 bridgehead atoms. The van der Waals surface area contributed by atoms with E-state index in [2.05, 4.69) is 97.2 Å². The van der Waals surface area contributed by atoms with Crippen molar-refractivity contribution in [3.8, 4) is 5.75 Å². The summed E-state index contributed by atoms with van der Waals surface area (Å²) in [5, 5.41) is 0. The molecule has 2 aromatic carbocycles. The molecule has 0 aliphatic heterocycles. The van der Waals surface area contributed by atoms with Crippen LogP contribution in [0.2, 0.25) is 0 Å². The summed E-state index contributed by atoms with van der Waals surface area (Å²) >= 11 is 0. The molecule has 0 aliphatic carbocycles. The number of hydrogen-bond acceptors (Lipinski definition) is 2. The van der Waals surface area contributed by atoms with Gasteiger partial charge < -0.3 is 21.9 Å². The van der Waals surface area contributed by atoms with Crippen LogP contribution in [0.15, 0.2) is 48.5 Å². The lowest BCUT2D eigenvalue weighted by atomic mass is 9.92. The molecule has 31 heavy (non-hydrogen) atoms. The summed E-state index contributed by atoms with van der Waals surface area (Å²) < 4.78 is 13.5. The standard InChI is InChI=1S/C27H42NO2.ClH/c1-9-29-22(6)28(7,8)27(23-14-11-10-12-15-23)30-26-17-13-16-24(18-20(2)3)25(26)19-21(4)5;/h10-17,20-22,27H,9,18-19H2,1-8H3;1H/q+1;/p-1. The summed E-state index contributed by atoms with van der Waals surface area (Å²) in [5.74, 6) is 2.19. The van der Waals surface area contributed by atoms with Crippen LogP contribution in [0.1, 0.15) is 64.5 Å². The van der Waals surface area contributed by atoms with Gasteiger partial charge in [-0.2, -0.15) is 0 Å². The summed E-state index contributed by atoms with van der Waals surface area (Å²) in [4.78, 5) is 0. The van der Waals surface area contributed by atoms with Crippen molar-refractivity contribution in [3.63, 3.8) is 0 Å². The van der Waals surface area contributed by atoms with Crippen LogP contribution in [-0.4, -0.2) is 31.4 Å². The zero-order valence-corrected chi connectivity index (χ0v) is 21.4. The molecule has 2 unspecified atom stereocenters. The SMILES string of the molecule is CCOC(C)[N+](C)(C)C(Oc1cccc(CC(C)C)c1CC(C)C)c1ccccc1.[Cl-]. The van der Waals surface area contributed by atoms with Gasteiger partial charge in [-0.15, -0.1) is 0 Å². The Balaban J connectivity index is 0.00000480. The summed E-state index contributed by atoms with van der Waals surface area (Å²) in [6.45, 7) is 14.0. The third-order valence-corrected chi connectivity index (χ3v) is 5.74. The highest BCUT2D eigenvalue weighted by molar-refractivity contribution is 5.41. The predicted octanol–water partition coefficient (Wildman–Crippen LogP) is 3.62. The van der Waals surface area contributed by atoms with Crippen molar-refractivity contribution in [1.82, 2.24) is 0 Å². The maximum Gasteiger partial charge on any atom is 0.261 e. The highest BCUT2D eigenvalue weighted by Crippen LogP contribution is 2.35. The van der Waals surface area contributed by atoms with Gasteiger partial charge in [-0.3, -0.25) is 4.48 Å². The van der Waals surface area contributed by atoms with Gasteiger partial charge in [0.1, 0.15) is 5.75 Å². The molecule has 0 radical (unpaired) electrons. The maximum absolute atomic E-state index is 6.88. The Morgan fingerprint density at radius 3 is 1.97 bits per heavy atom. The van der Waals surface area contributed by atoms with Gasteiger partial charge in [-0.1, -0.05) is 58.0 Å². The van der Waals surface area contributed by atoms with Gasteiger partial charge in [0, 0.05) is 6.92 Å². The molecule has 2 aromatic rings. The molecule has 0 saturated heterocycles. The van der Waals surface area contributed by atoms with E-state index in [0.717, 1.165) is 18.6 Å². The predicted molar refractivity (Wildman–Crippen MR) is 127 cm³/mol. The number of hydrogen-bond donors (Lipinski definition) is 0. The quantitative estimate of drug-likeness (QED) is 0.387. The van der Waals surface area contributed by atoms with Crippen molar-refractivity contribution in [2.45, 2.75) is 66.8 Å². The van der Waals surface area contributed by atoms with Crippen molar-refractivity contribution >= 4 is 0 Å². The molecular weight excluding hydrogens is 406 g/mol. The van der Waals surface area contributed by atoms with E-state index in [0.29, 0.717) is 22.9 Å². The van der Waals surface area contributed by atoms with E-state index in [9.17, 15) is 0 Å². The zero-order valence-electron chi connectivity index (χ0n) is 20.7. The van der Waals surface area contributed by atoms with Gasteiger partial charge in [0.05, 0.1) is 26.3 Å². The average molecular weight is 448 g/mol. The van der Waals surface area contributed by atoms with E-state index < -0.39 is 0 Å². The van der Waals surface area contributed by atoms with Crippen molar-refractivity contribution < 1.29 is 26.4 Å². The number of benzene rings is 2. The molecule has 0 spiro atoms. The molecule has 4 heteroatoms. The maximum atomic E-state index is 6.88. The van der Waals surface area contributed by atoms with Crippen molar-refractivity contribution in [2.24, 2.45) is 11.8 Å². The molecule has 3 nitrogen and oxygen atoms in total. The highest BCUT2D eigenvalue weighted by atomic mass is 35.5. The second-order valence-electron chi connectivity index (χ2n) is 9.65. The lowest BCUT2D eigenvalue weighted by Crippen LogP contribution is -3.00. The number of quaternary nitrogens is 1. The third kappa shape index (κ3) is 7.52. The average Bonchev–Trinajstić information content (AvgIpc) is 2.68. The summed E-state index contributed by atoms with van der Waals surface area (Å²) in [6.07, 6.45) is 1.94. The van der Waals surface area contributed by atoms with Gasteiger partial charge in [0.2, 0.25) is 0 Å². The largest absolute Gasteiger partial charge is 1.00 e. The Kier molecular flexibility index (Phi) is 11.1. The molecule has 0 aliphatic rings. The van der Waals surface area contributed by atoms with Crippen molar-refractivity contribution in [3.05, 3.63) is 65.2 Å². The van der Waals surface area contributed by atoms with E-state index in [1.807, 2.05) is 6.92 Å². The Hall–Kier alpha value is -1.55. The van der Waals surface area contributed by atoms with Crippen LogP contribution < -0.4 is 17.1 Å². The van der Waals surface area contributed by atoms with E-state index in [1.54, 1.807) is 0 Å². The molecule has 0 N–H and O–H groups in total. The Morgan fingerprint density at radius 2 is 1.42 bits per heavy atom. The minimum atomic E-state index is -0.159. The molecule has 0 amide bonds. The lowest BCUT2D eigenvalue weighted by Gasteiger charge is -2.41. The minimum Gasteiger partial charge on any atom is -1.00 e. The molecular formula is C27H42ClNO2. The van der Waals surface area contributed by atoms with Crippen molar-refractivity contribution in [1.29, 1.82) is 0 Å². The molecule has 2 atom stereocenters. The fourth-order valence-corrected chi connectivity index (χ4v) is 3.94. The van der Waals surface area contributed by atoms with Crippen LogP contribution in [0.4, 0.5) is 0 Å². The normalized spacial score (nSPS) is 13.7. The number of halogens is 1. The van der Waals surface area contributed by atoms with Crippen LogP contribution >= 0.6 is 0 Å². The second-order valence-corrected chi connectivity index (χ2v) is 9.65. The lowest BCUT2D eigenvalue weighted by molar-refractivity contribution is -0.980. The van der Waals surface area contributed by atoms with Gasteiger partial charge in [-0.05, 0) is 60.9 Å². The molecule has 0 heterocycles. The summed E-state index contributed by atoms with van der Waals surface area (Å²) in [5.41, 5.74) is 3.93. The Morgan fingerprint density at radius 1 is 0.806 bits per heavy atom. The van der Waals surface area contributed by atoms with Gasteiger partial charge in [-0.25, -0.2) is 0 Å². The molecule has 2 rings (SSSR count). The summed E-state index contributed by atoms with van der Waals surface area (Å²) in [6, 6.07) is 17.1. The van der Waals surface area contributed by atoms with Gasteiger partial charge in [0.25, 0.3) is 6.23 Å².